The molecule has 0 saturated heterocycles. The molecule has 1 N–H and O–H groups in total. The van der Waals surface area contributed by atoms with E-state index in [0.29, 0.717) is 30.3 Å². The lowest BCUT2D eigenvalue weighted by molar-refractivity contribution is 0.102. The maximum atomic E-state index is 12.4. The average Bonchev–Trinajstić information content (AvgIpc) is 3.08. The molecule has 0 aliphatic heterocycles. The summed E-state index contributed by atoms with van der Waals surface area (Å²) in [7, 11) is 0. The van der Waals surface area contributed by atoms with E-state index in [9.17, 15) is 4.79 Å². The molecule has 3 rings (SSSR count). The number of ether oxygens (including phenoxy) is 1. The Morgan fingerprint density at radius 3 is 2.75 bits per heavy atom. The third-order valence-electron chi connectivity index (χ3n) is 3.60. The van der Waals surface area contributed by atoms with Gasteiger partial charge in [-0.25, -0.2) is 4.68 Å². The summed E-state index contributed by atoms with van der Waals surface area (Å²) in [5, 5.41) is 7.00. The molecule has 0 bridgehead atoms. The molecule has 122 valence electrons. The number of hydrogen-bond acceptors (Lipinski definition) is 3. The fourth-order valence-corrected chi connectivity index (χ4v) is 2.35. The van der Waals surface area contributed by atoms with E-state index in [4.69, 9.17) is 4.74 Å². The van der Waals surface area contributed by atoms with E-state index in [-0.39, 0.29) is 5.91 Å². The van der Waals surface area contributed by atoms with Gasteiger partial charge in [-0.1, -0.05) is 36.4 Å². The zero-order valence-corrected chi connectivity index (χ0v) is 13.5. The first kappa shape index (κ1) is 15.8. The number of nitrogens with zero attached hydrogens (tertiary/aromatic N) is 2. The summed E-state index contributed by atoms with van der Waals surface area (Å²) in [5.41, 5.74) is 1.63. The third-order valence-corrected chi connectivity index (χ3v) is 3.60. The standard InChI is InChI=1S/C19H19N3O2/c1-2-22-18(11-12-20-22)21-19(23)16-9-6-10-17(13-16)24-14-15-7-4-3-5-8-15/h3-13H,2,14H2,1H3,(H,21,23). The largest absolute Gasteiger partial charge is 0.489 e. The number of nitrogens with one attached hydrogen (secondary N) is 1. The van der Waals surface area contributed by atoms with Gasteiger partial charge in [0.05, 0.1) is 6.20 Å². The third kappa shape index (κ3) is 3.81. The second-order valence-electron chi connectivity index (χ2n) is 5.29. The van der Waals surface area contributed by atoms with Crippen LogP contribution >= 0.6 is 0 Å². The van der Waals surface area contributed by atoms with Gasteiger partial charge in [-0.05, 0) is 30.7 Å². The van der Waals surface area contributed by atoms with Crippen molar-refractivity contribution in [2.45, 2.75) is 20.1 Å². The van der Waals surface area contributed by atoms with Crippen LogP contribution in [0.25, 0.3) is 0 Å². The van der Waals surface area contributed by atoms with Crippen LogP contribution in [0.1, 0.15) is 22.8 Å². The number of carbonyl (C=O) groups excluding carboxylic acids is 1. The van der Waals surface area contributed by atoms with Gasteiger partial charge in [0, 0.05) is 18.2 Å². The summed E-state index contributed by atoms with van der Waals surface area (Å²) in [5.74, 6) is 1.16. The highest BCUT2D eigenvalue weighted by Crippen LogP contribution is 2.17. The second-order valence-corrected chi connectivity index (χ2v) is 5.29. The quantitative estimate of drug-likeness (QED) is 0.752. The van der Waals surface area contributed by atoms with Crippen LogP contribution in [-0.2, 0) is 13.2 Å². The SMILES string of the molecule is CCn1nccc1NC(=O)c1cccc(OCc2ccccc2)c1. The van der Waals surface area contributed by atoms with Crippen LogP contribution < -0.4 is 10.1 Å². The lowest BCUT2D eigenvalue weighted by Crippen LogP contribution is -2.15. The highest BCUT2D eigenvalue weighted by atomic mass is 16.5. The van der Waals surface area contributed by atoms with Crippen molar-refractivity contribution >= 4 is 11.7 Å². The smallest absolute Gasteiger partial charge is 0.256 e. The minimum Gasteiger partial charge on any atom is -0.489 e. The molecule has 0 aliphatic rings. The Hall–Kier alpha value is -3.08. The zero-order valence-electron chi connectivity index (χ0n) is 13.5. The highest BCUT2D eigenvalue weighted by Gasteiger charge is 2.10. The fraction of sp³-hybridized carbons (Fsp3) is 0.158. The first-order chi connectivity index (χ1) is 11.8. The van der Waals surface area contributed by atoms with E-state index in [1.165, 1.54) is 0 Å². The van der Waals surface area contributed by atoms with Crippen LogP contribution in [0.3, 0.4) is 0 Å². The van der Waals surface area contributed by atoms with Crippen molar-refractivity contribution in [3.05, 3.63) is 78.0 Å². The molecular weight excluding hydrogens is 302 g/mol. The van der Waals surface area contributed by atoms with Gasteiger partial charge >= 0.3 is 0 Å². The van der Waals surface area contributed by atoms with Crippen molar-refractivity contribution in [3.8, 4) is 5.75 Å². The van der Waals surface area contributed by atoms with Gasteiger partial charge in [0.2, 0.25) is 0 Å². The molecule has 0 atom stereocenters. The summed E-state index contributed by atoms with van der Waals surface area (Å²) in [6.45, 7) is 3.14. The van der Waals surface area contributed by atoms with Crippen LogP contribution in [0, 0.1) is 0 Å². The van der Waals surface area contributed by atoms with Gasteiger partial charge in [0.1, 0.15) is 18.2 Å². The average molecular weight is 321 g/mol. The van der Waals surface area contributed by atoms with Crippen LogP contribution in [0.5, 0.6) is 5.75 Å². The topological polar surface area (TPSA) is 56.2 Å². The van der Waals surface area contributed by atoms with E-state index in [0.717, 1.165) is 5.56 Å². The number of anilines is 1. The number of rotatable bonds is 6. The Morgan fingerprint density at radius 2 is 1.96 bits per heavy atom. The van der Waals surface area contributed by atoms with Crippen molar-refractivity contribution in [3.63, 3.8) is 0 Å². The van der Waals surface area contributed by atoms with Gasteiger partial charge in [-0.3, -0.25) is 4.79 Å². The summed E-state index contributed by atoms with van der Waals surface area (Å²) in [4.78, 5) is 12.4. The molecule has 0 saturated carbocycles. The van der Waals surface area contributed by atoms with E-state index in [2.05, 4.69) is 10.4 Å². The molecule has 24 heavy (non-hydrogen) atoms. The van der Waals surface area contributed by atoms with E-state index >= 15 is 0 Å². The van der Waals surface area contributed by atoms with E-state index < -0.39 is 0 Å². The maximum absolute atomic E-state index is 12.4. The van der Waals surface area contributed by atoms with Gasteiger partial charge in [-0.2, -0.15) is 5.10 Å². The van der Waals surface area contributed by atoms with Gasteiger partial charge in [0.15, 0.2) is 0 Å². The van der Waals surface area contributed by atoms with E-state index in [1.807, 2.05) is 49.4 Å². The zero-order chi connectivity index (χ0) is 16.8. The van der Waals surface area contributed by atoms with Crippen molar-refractivity contribution in [1.29, 1.82) is 0 Å². The second kappa shape index (κ2) is 7.46. The normalized spacial score (nSPS) is 10.4. The summed E-state index contributed by atoms with van der Waals surface area (Å²) in [6.07, 6.45) is 1.67. The van der Waals surface area contributed by atoms with Crippen molar-refractivity contribution in [1.82, 2.24) is 9.78 Å². The van der Waals surface area contributed by atoms with Crippen molar-refractivity contribution < 1.29 is 9.53 Å². The molecule has 1 heterocycles. The molecule has 0 unspecified atom stereocenters. The Balaban J connectivity index is 1.67. The minimum atomic E-state index is -0.185. The molecule has 5 nitrogen and oxygen atoms in total. The summed E-state index contributed by atoms with van der Waals surface area (Å²) in [6, 6.07) is 18.8. The Labute approximate surface area is 140 Å². The summed E-state index contributed by atoms with van der Waals surface area (Å²) < 4.78 is 7.50. The number of carbonyl (C=O) groups is 1. The molecule has 0 aliphatic carbocycles. The number of aromatic nitrogens is 2. The van der Waals surface area contributed by atoms with Crippen LogP contribution in [0.15, 0.2) is 66.9 Å². The Morgan fingerprint density at radius 1 is 1.12 bits per heavy atom. The van der Waals surface area contributed by atoms with Gasteiger partial charge in [0.25, 0.3) is 5.91 Å². The fourth-order valence-electron chi connectivity index (χ4n) is 2.35. The van der Waals surface area contributed by atoms with Gasteiger partial charge < -0.3 is 10.1 Å². The predicted molar refractivity (Wildman–Crippen MR) is 93.1 cm³/mol. The number of hydrogen-bond donors (Lipinski definition) is 1. The molecule has 2 aromatic carbocycles. The van der Waals surface area contributed by atoms with Crippen LogP contribution in [-0.4, -0.2) is 15.7 Å². The lowest BCUT2D eigenvalue weighted by atomic mass is 10.2. The van der Waals surface area contributed by atoms with E-state index in [1.54, 1.807) is 29.1 Å². The van der Waals surface area contributed by atoms with Crippen molar-refractivity contribution in [2.24, 2.45) is 0 Å². The molecule has 1 aromatic heterocycles. The molecule has 1 amide bonds. The van der Waals surface area contributed by atoms with Crippen LogP contribution in [0.2, 0.25) is 0 Å². The number of aryl methyl sites for hydroxylation is 1. The highest BCUT2D eigenvalue weighted by molar-refractivity contribution is 6.04. The van der Waals surface area contributed by atoms with Crippen molar-refractivity contribution in [2.75, 3.05) is 5.32 Å². The molecule has 3 aromatic rings. The number of amides is 1. The van der Waals surface area contributed by atoms with Gasteiger partial charge in [-0.15, -0.1) is 0 Å². The molecular formula is C19H19N3O2. The molecule has 0 radical (unpaired) electrons. The molecule has 0 spiro atoms. The summed E-state index contributed by atoms with van der Waals surface area (Å²) >= 11 is 0. The van der Waals surface area contributed by atoms with Crippen LogP contribution in [0.4, 0.5) is 5.82 Å². The molecule has 5 heteroatoms. The maximum Gasteiger partial charge on any atom is 0.256 e. The minimum absolute atomic E-state index is 0.185. The Bertz CT molecular complexity index is 812. The lowest BCUT2D eigenvalue weighted by Gasteiger charge is -2.09. The first-order valence-electron chi connectivity index (χ1n) is 7.86. The number of benzene rings is 2. The predicted octanol–water partition coefficient (Wildman–Crippen LogP) is 3.73. The first-order valence-corrected chi connectivity index (χ1v) is 7.86. The monoisotopic (exact) mass is 321 g/mol. The Kier molecular flexibility index (Phi) is 4.91. The molecule has 0 fully saturated rings.